The highest BCUT2D eigenvalue weighted by Crippen LogP contribution is 2.25. The highest BCUT2D eigenvalue weighted by molar-refractivity contribution is 5.79. The summed E-state index contributed by atoms with van der Waals surface area (Å²) < 4.78 is 6.68. The van der Waals surface area contributed by atoms with E-state index in [1.54, 1.807) is 22.9 Å². The Balaban J connectivity index is 2.27. The fraction of sp³-hybridized carbons (Fsp3) is 0.500. The minimum absolute atomic E-state index is 0.107. The van der Waals surface area contributed by atoms with Gasteiger partial charge in [0.2, 0.25) is 0 Å². The Hall–Kier alpha value is -1.58. The molecule has 1 aromatic heterocycles. The molecule has 1 heterocycles. The molecule has 1 fully saturated rings. The lowest BCUT2D eigenvalue weighted by Crippen LogP contribution is -2.28. The van der Waals surface area contributed by atoms with Gasteiger partial charge >= 0.3 is 0 Å². The van der Waals surface area contributed by atoms with Crippen LogP contribution in [0.3, 0.4) is 0 Å². The van der Waals surface area contributed by atoms with Gasteiger partial charge < -0.3 is 9.30 Å². The number of hydrogen-bond donors (Lipinski definition) is 0. The van der Waals surface area contributed by atoms with Crippen molar-refractivity contribution in [3.63, 3.8) is 0 Å². The molecule has 1 saturated carbocycles. The van der Waals surface area contributed by atoms with Gasteiger partial charge in [-0.15, -0.1) is 0 Å². The van der Waals surface area contributed by atoms with Gasteiger partial charge in [0, 0.05) is 25.1 Å². The fourth-order valence-electron chi connectivity index (χ4n) is 2.13. The van der Waals surface area contributed by atoms with Crippen molar-refractivity contribution in [3.05, 3.63) is 28.7 Å². The number of ketones is 1. The lowest BCUT2D eigenvalue weighted by Gasteiger charge is -2.23. The first-order valence-electron chi connectivity index (χ1n) is 5.49. The Morgan fingerprint density at radius 2 is 2.00 bits per heavy atom. The molecule has 0 bridgehead atoms. The molecule has 0 spiro atoms. The van der Waals surface area contributed by atoms with Crippen molar-refractivity contribution in [2.75, 3.05) is 7.11 Å². The van der Waals surface area contributed by atoms with Crippen LogP contribution in [0.25, 0.3) is 0 Å². The minimum Gasteiger partial charge on any atom is -0.491 e. The molecular weight excluding hydrogens is 206 g/mol. The van der Waals surface area contributed by atoms with Crippen molar-refractivity contribution in [3.8, 4) is 5.75 Å². The predicted octanol–water partition coefficient (Wildman–Crippen LogP) is 1.54. The van der Waals surface area contributed by atoms with Gasteiger partial charge in [-0.2, -0.15) is 0 Å². The lowest BCUT2D eigenvalue weighted by atomic mass is 9.94. The number of carbonyl (C=O) groups is 1. The third-order valence-corrected chi connectivity index (χ3v) is 3.07. The molecule has 0 radical (unpaired) electrons. The zero-order valence-corrected chi connectivity index (χ0v) is 9.31. The normalized spacial score (nSPS) is 17.4. The maximum atomic E-state index is 11.9. The average molecular weight is 221 g/mol. The summed E-state index contributed by atoms with van der Waals surface area (Å²) in [5, 5.41) is 0. The number of hydrogen-bond acceptors (Lipinski definition) is 3. The molecule has 86 valence electrons. The second-order valence-corrected chi connectivity index (χ2v) is 4.06. The summed E-state index contributed by atoms with van der Waals surface area (Å²) in [6.45, 7) is 0. The summed E-state index contributed by atoms with van der Waals surface area (Å²) in [7, 11) is 1.49. The third kappa shape index (κ3) is 2.01. The summed E-state index contributed by atoms with van der Waals surface area (Å²) >= 11 is 0. The highest BCUT2D eigenvalue weighted by atomic mass is 16.5. The average Bonchev–Trinajstić information content (AvgIpc) is 2.31. The van der Waals surface area contributed by atoms with Gasteiger partial charge in [-0.1, -0.05) is 0 Å². The number of Topliss-reactive ketones (excluding diaryl/α,β-unsaturated/α-hetero) is 1. The Morgan fingerprint density at radius 3 is 2.62 bits per heavy atom. The van der Waals surface area contributed by atoms with Crippen molar-refractivity contribution >= 4 is 5.78 Å². The van der Waals surface area contributed by atoms with E-state index in [-0.39, 0.29) is 11.6 Å². The molecule has 0 amide bonds. The summed E-state index contributed by atoms with van der Waals surface area (Å²) in [6, 6.07) is 3.60. The Morgan fingerprint density at radius 1 is 1.31 bits per heavy atom. The molecule has 0 saturated heterocycles. The summed E-state index contributed by atoms with van der Waals surface area (Å²) in [4.78, 5) is 23.1. The van der Waals surface area contributed by atoms with Gasteiger partial charge in [0.1, 0.15) is 5.78 Å². The summed E-state index contributed by atoms with van der Waals surface area (Å²) in [6.07, 6.45) is 4.44. The number of nitrogens with zero attached hydrogens (tertiary/aromatic N) is 1. The van der Waals surface area contributed by atoms with Crippen LogP contribution in [0.4, 0.5) is 0 Å². The standard InChI is InChI=1S/C12H15NO3/c1-16-11-3-2-8-13(12(11)15)9-4-6-10(14)7-5-9/h2-3,8-9H,4-7H2,1H3. The van der Waals surface area contributed by atoms with Gasteiger partial charge in [0.15, 0.2) is 5.75 Å². The van der Waals surface area contributed by atoms with Crippen LogP contribution < -0.4 is 10.3 Å². The quantitative estimate of drug-likeness (QED) is 0.761. The van der Waals surface area contributed by atoms with Gasteiger partial charge in [-0.25, -0.2) is 0 Å². The Labute approximate surface area is 93.8 Å². The molecule has 4 nitrogen and oxygen atoms in total. The van der Waals surface area contributed by atoms with E-state index < -0.39 is 0 Å². The number of rotatable bonds is 2. The molecular formula is C12H15NO3. The van der Waals surface area contributed by atoms with Crippen LogP contribution >= 0.6 is 0 Å². The van der Waals surface area contributed by atoms with Crippen molar-refractivity contribution in [2.45, 2.75) is 31.7 Å². The number of carbonyl (C=O) groups excluding carboxylic acids is 1. The SMILES string of the molecule is COc1cccn(C2CCC(=O)CC2)c1=O. The molecule has 0 aromatic carbocycles. The van der Waals surface area contributed by atoms with E-state index in [4.69, 9.17) is 4.74 Å². The molecule has 16 heavy (non-hydrogen) atoms. The smallest absolute Gasteiger partial charge is 0.293 e. The third-order valence-electron chi connectivity index (χ3n) is 3.07. The van der Waals surface area contributed by atoms with E-state index in [1.165, 1.54) is 7.11 Å². The number of aromatic nitrogens is 1. The molecule has 1 aliphatic carbocycles. The molecule has 0 aliphatic heterocycles. The van der Waals surface area contributed by atoms with Crippen LogP contribution in [0, 0.1) is 0 Å². The van der Waals surface area contributed by atoms with Gasteiger partial charge in [-0.05, 0) is 25.0 Å². The molecule has 1 aromatic rings. The van der Waals surface area contributed by atoms with Crippen molar-refractivity contribution in [2.24, 2.45) is 0 Å². The van der Waals surface area contributed by atoms with E-state index >= 15 is 0 Å². The summed E-state index contributed by atoms with van der Waals surface area (Å²) in [5.41, 5.74) is -0.107. The van der Waals surface area contributed by atoms with E-state index in [1.807, 2.05) is 0 Å². The molecule has 1 aliphatic rings. The summed E-state index contributed by atoms with van der Waals surface area (Å²) in [5.74, 6) is 0.659. The van der Waals surface area contributed by atoms with Crippen LogP contribution in [-0.2, 0) is 4.79 Å². The first-order chi connectivity index (χ1) is 7.72. The van der Waals surface area contributed by atoms with Crippen LogP contribution in [-0.4, -0.2) is 17.5 Å². The monoisotopic (exact) mass is 221 g/mol. The topological polar surface area (TPSA) is 48.3 Å². The second kappa shape index (κ2) is 4.51. The van der Waals surface area contributed by atoms with Gasteiger partial charge in [0.25, 0.3) is 5.56 Å². The van der Waals surface area contributed by atoms with Crippen LogP contribution in [0.15, 0.2) is 23.1 Å². The first kappa shape index (κ1) is 10.9. The largest absolute Gasteiger partial charge is 0.491 e. The van der Waals surface area contributed by atoms with Crippen molar-refractivity contribution in [1.29, 1.82) is 0 Å². The minimum atomic E-state index is -0.107. The Kier molecular flexibility index (Phi) is 3.08. The highest BCUT2D eigenvalue weighted by Gasteiger charge is 2.21. The van der Waals surface area contributed by atoms with E-state index in [0.717, 1.165) is 12.8 Å². The van der Waals surface area contributed by atoms with Gasteiger partial charge in [-0.3, -0.25) is 9.59 Å². The maximum Gasteiger partial charge on any atom is 0.293 e. The number of pyridine rings is 1. The van der Waals surface area contributed by atoms with Crippen molar-refractivity contribution < 1.29 is 9.53 Å². The molecule has 2 rings (SSSR count). The second-order valence-electron chi connectivity index (χ2n) is 4.06. The molecule has 0 unspecified atom stereocenters. The predicted molar refractivity (Wildman–Crippen MR) is 59.8 cm³/mol. The lowest BCUT2D eigenvalue weighted by molar-refractivity contribution is -0.120. The maximum absolute atomic E-state index is 11.9. The Bertz CT molecular complexity index is 440. The zero-order chi connectivity index (χ0) is 11.5. The van der Waals surface area contributed by atoms with Crippen LogP contribution in [0.1, 0.15) is 31.7 Å². The van der Waals surface area contributed by atoms with Crippen LogP contribution in [0.2, 0.25) is 0 Å². The zero-order valence-electron chi connectivity index (χ0n) is 9.31. The number of ether oxygens (including phenoxy) is 1. The van der Waals surface area contributed by atoms with Crippen LogP contribution in [0.5, 0.6) is 5.75 Å². The molecule has 4 heteroatoms. The molecule has 0 atom stereocenters. The van der Waals surface area contributed by atoms with E-state index in [0.29, 0.717) is 24.4 Å². The number of methoxy groups -OCH3 is 1. The fourth-order valence-corrected chi connectivity index (χ4v) is 2.13. The first-order valence-corrected chi connectivity index (χ1v) is 5.49. The molecule has 0 N–H and O–H groups in total. The van der Waals surface area contributed by atoms with E-state index in [2.05, 4.69) is 0 Å². The van der Waals surface area contributed by atoms with Gasteiger partial charge in [0.05, 0.1) is 7.11 Å². The van der Waals surface area contributed by atoms with E-state index in [9.17, 15) is 9.59 Å². The van der Waals surface area contributed by atoms with Crippen molar-refractivity contribution in [1.82, 2.24) is 4.57 Å².